The molecule has 0 saturated carbocycles. The van der Waals surface area contributed by atoms with Gasteiger partial charge in [-0.3, -0.25) is 0 Å². The highest BCUT2D eigenvalue weighted by molar-refractivity contribution is 5.82. The fourth-order valence-electron chi connectivity index (χ4n) is 0.867. The van der Waals surface area contributed by atoms with Gasteiger partial charge in [0, 0.05) is 6.42 Å². The van der Waals surface area contributed by atoms with Crippen LogP contribution in [0.2, 0.25) is 0 Å². The molecule has 1 N–H and O–H groups in total. The molecule has 0 aliphatic heterocycles. The number of aromatic nitrogens is 2. The number of carboxylic acids is 1. The molecule has 5 nitrogen and oxygen atoms in total. The van der Waals surface area contributed by atoms with Crippen molar-refractivity contribution in [2.24, 2.45) is 5.41 Å². The van der Waals surface area contributed by atoms with Crippen LogP contribution in [0, 0.1) is 5.41 Å². The van der Waals surface area contributed by atoms with Gasteiger partial charge in [-0.05, 0) is 10.6 Å². The Bertz CT molecular complexity index is 311. The molecule has 0 aromatic carbocycles. The minimum atomic E-state index is -1.16. The van der Waals surface area contributed by atoms with Crippen LogP contribution in [-0.4, -0.2) is 21.2 Å². The van der Waals surface area contributed by atoms with Crippen molar-refractivity contribution in [3.63, 3.8) is 0 Å². The van der Waals surface area contributed by atoms with E-state index >= 15 is 0 Å². The largest absolute Gasteiger partial charge is 0.475 e. The number of hydrogen-bond donors (Lipinski definition) is 1. The highest BCUT2D eigenvalue weighted by Crippen LogP contribution is 2.18. The van der Waals surface area contributed by atoms with Crippen LogP contribution in [0.4, 0.5) is 0 Å². The summed E-state index contributed by atoms with van der Waals surface area (Å²) in [5, 5.41) is 11.8. The zero-order valence-electron chi connectivity index (χ0n) is 7.87. The van der Waals surface area contributed by atoms with Crippen molar-refractivity contribution in [1.82, 2.24) is 10.1 Å². The lowest BCUT2D eigenvalue weighted by Crippen LogP contribution is -2.09. The normalized spacial score (nSPS) is 11.6. The van der Waals surface area contributed by atoms with Gasteiger partial charge in [-0.15, -0.1) is 0 Å². The molecule has 0 fully saturated rings. The van der Waals surface area contributed by atoms with E-state index in [4.69, 9.17) is 9.63 Å². The molecule has 0 atom stereocenters. The third-order valence-electron chi connectivity index (χ3n) is 1.34. The molecule has 0 bridgehead atoms. The Labute approximate surface area is 75.8 Å². The third kappa shape index (κ3) is 2.85. The molecule has 0 aliphatic carbocycles. The summed E-state index contributed by atoms with van der Waals surface area (Å²) in [5.74, 6) is -1.08. The smallest absolute Gasteiger partial charge is 0.377 e. The highest BCUT2D eigenvalue weighted by Gasteiger charge is 2.18. The molecule has 1 aromatic heterocycles. The predicted octanol–water partition coefficient (Wildman–Crippen LogP) is 1.36. The summed E-state index contributed by atoms with van der Waals surface area (Å²) in [6, 6.07) is 0. The zero-order chi connectivity index (χ0) is 10.1. The van der Waals surface area contributed by atoms with Gasteiger partial charge in [-0.25, -0.2) is 4.79 Å². The quantitative estimate of drug-likeness (QED) is 0.750. The van der Waals surface area contributed by atoms with Crippen molar-refractivity contribution in [2.45, 2.75) is 27.2 Å². The van der Waals surface area contributed by atoms with Gasteiger partial charge >= 0.3 is 5.97 Å². The van der Waals surface area contributed by atoms with E-state index in [9.17, 15) is 4.79 Å². The standard InChI is InChI=1S/C8H12N2O3/c1-8(2,3)4-5-9-6(7(11)12)10-13-5/h4H2,1-3H3,(H,11,12). The molecule has 13 heavy (non-hydrogen) atoms. The van der Waals surface area contributed by atoms with Gasteiger partial charge in [0.2, 0.25) is 5.89 Å². The van der Waals surface area contributed by atoms with E-state index in [1.54, 1.807) is 0 Å². The molecule has 0 spiro atoms. The summed E-state index contributed by atoms with van der Waals surface area (Å²) in [6.07, 6.45) is 0.577. The number of rotatable bonds is 2. The molecule has 0 saturated heterocycles. The van der Waals surface area contributed by atoms with E-state index in [-0.39, 0.29) is 11.2 Å². The number of hydrogen-bond acceptors (Lipinski definition) is 4. The summed E-state index contributed by atoms with van der Waals surface area (Å²) >= 11 is 0. The van der Waals surface area contributed by atoms with Crippen molar-refractivity contribution >= 4 is 5.97 Å². The van der Waals surface area contributed by atoms with Crippen LogP contribution < -0.4 is 0 Å². The fraction of sp³-hybridized carbons (Fsp3) is 0.625. The summed E-state index contributed by atoms with van der Waals surface area (Å²) in [4.78, 5) is 14.1. The van der Waals surface area contributed by atoms with Gasteiger partial charge in [-0.1, -0.05) is 20.8 Å². The molecule has 0 amide bonds. The predicted molar refractivity (Wildman–Crippen MR) is 44.4 cm³/mol. The van der Waals surface area contributed by atoms with E-state index in [1.807, 2.05) is 20.8 Å². The van der Waals surface area contributed by atoms with Crippen molar-refractivity contribution < 1.29 is 14.4 Å². The first-order valence-corrected chi connectivity index (χ1v) is 3.94. The topological polar surface area (TPSA) is 76.2 Å². The molecule has 1 aromatic rings. The molecule has 0 radical (unpaired) electrons. The Balaban J connectivity index is 2.75. The lowest BCUT2D eigenvalue weighted by Gasteiger charge is -2.13. The second kappa shape index (κ2) is 3.16. The monoisotopic (exact) mass is 184 g/mol. The average Bonchev–Trinajstić information content (AvgIpc) is 2.31. The second-order valence-corrected chi connectivity index (χ2v) is 4.05. The molecule has 72 valence electrons. The van der Waals surface area contributed by atoms with Crippen molar-refractivity contribution in [1.29, 1.82) is 0 Å². The molecule has 1 heterocycles. The van der Waals surface area contributed by atoms with Gasteiger partial charge in [0.15, 0.2) is 0 Å². The minimum absolute atomic E-state index is 0.0162. The van der Waals surface area contributed by atoms with Gasteiger partial charge < -0.3 is 9.63 Å². The molecular weight excluding hydrogens is 172 g/mol. The maximum atomic E-state index is 10.4. The Hall–Kier alpha value is -1.39. The van der Waals surface area contributed by atoms with E-state index in [0.717, 1.165) is 0 Å². The summed E-state index contributed by atoms with van der Waals surface area (Å²) < 4.78 is 4.76. The van der Waals surface area contributed by atoms with Gasteiger partial charge in [0.05, 0.1) is 0 Å². The zero-order valence-corrected chi connectivity index (χ0v) is 7.87. The van der Waals surface area contributed by atoms with Crippen LogP contribution in [0.25, 0.3) is 0 Å². The maximum absolute atomic E-state index is 10.4. The molecule has 1 rings (SSSR count). The van der Waals surface area contributed by atoms with Crippen LogP contribution in [0.1, 0.15) is 37.3 Å². The van der Waals surface area contributed by atoms with Crippen LogP contribution >= 0.6 is 0 Å². The van der Waals surface area contributed by atoms with Crippen LogP contribution in [0.15, 0.2) is 4.52 Å². The van der Waals surface area contributed by atoms with Gasteiger partial charge in [-0.2, -0.15) is 4.98 Å². The maximum Gasteiger partial charge on any atom is 0.377 e. The van der Waals surface area contributed by atoms with Gasteiger partial charge in [0.25, 0.3) is 5.82 Å². The number of aromatic carboxylic acids is 1. The van der Waals surface area contributed by atoms with E-state index in [0.29, 0.717) is 12.3 Å². The number of nitrogens with zero attached hydrogens (tertiary/aromatic N) is 2. The van der Waals surface area contributed by atoms with Crippen LogP contribution in [0.5, 0.6) is 0 Å². The van der Waals surface area contributed by atoms with E-state index < -0.39 is 5.97 Å². The van der Waals surface area contributed by atoms with Crippen molar-refractivity contribution in [3.05, 3.63) is 11.7 Å². The summed E-state index contributed by atoms with van der Waals surface area (Å²) in [5.41, 5.74) is 0.0162. The first kappa shape index (κ1) is 9.70. The average molecular weight is 184 g/mol. The summed E-state index contributed by atoms with van der Waals surface area (Å²) in [7, 11) is 0. The molecule has 0 unspecified atom stereocenters. The van der Waals surface area contributed by atoms with Crippen LogP contribution in [-0.2, 0) is 6.42 Å². The Kier molecular flexibility index (Phi) is 2.36. The second-order valence-electron chi connectivity index (χ2n) is 4.05. The highest BCUT2D eigenvalue weighted by atomic mass is 16.5. The Morgan fingerprint density at radius 2 is 2.15 bits per heavy atom. The lowest BCUT2D eigenvalue weighted by molar-refractivity contribution is 0.0680. The van der Waals surface area contributed by atoms with E-state index in [1.165, 1.54) is 0 Å². The first-order valence-electron chi connectivity index (χ1n) is 3.94. The SMILES string of the molecule is CC(C)(C)Cc1nc(C(=O)O)no1. The van der Waals surface area contributed by atoms with Crippen LogP contribution in [0.3, 0.4) is 0 Å². The van der Waals surface area contributed by atoms with Gasteiger partial charge in [0.1, 0.15) is 0 Å². The van der Waals surface area contributed by atoms with E-state index in [2.05, 4.69) is 10.1 Å². The number of carbonyl (C=O) groups is 1. The fourth-order valence-corrected chi connectivity index (χ4v) is 0.867. The third-order valence-corrected chi connectivity index (χ3v) is 1.34. The van der Waals surface area contributed by atoms with Crippen molar-refractivity contribution in [3.8, 4) is 0 Å². The molecule has 0 aliphatic rings. The molecule has 5 heteroatoms. The summed E-state index contributed by atoms with van der Waals surface area (Å²) in [6.45, 7) is 6.03. The number of carboxylic acid groups (broad SMARTS) is 1. The minimum Gasteiger partial charge on any atom is -0.475 e. The Morgan fingerprint density at radius 3 is 2.54 bits per heavy atom. The van der Waals surface area contributed by atoms with Crippen molar-refractivity contribution in [2.75, 3.05) is 0 Å². The molecular formula is C8H12N2O3. The Morgan fingerprint density at radius 1 is 1.54 bits per heavy atom. The lowest BCUT2D eigenvalue weighted by atomic mass is 9.92. The first-order chi connectivity index (χ1) is 5.88.